The van der Waals surface area contributed by atoms with Crippen LogP contribution in [0.1, 0.15) is 50.7 Å². The lowest BCUT2D eigenvalue weighted by Crippen LogP contribution is -2.24. The van der Waals surface area contributed by atoms with Crippen molar-refractivity contribution < 1.29 is 4.74 Å². The minimum absolute atomic E-state index is 0.153. The highest BCUT2D eigenvalue weighted by Crippen LogP contribution is 2.26. The first kappa shape index (κ1) is 16.6. The molecule has 0 unspecified atom stereocenters. The van der Waals surface area contributed by atoms with Crippen LogP contribution in [-0.4, -0.2) is 11.7 Å². The highest BCUT2D eigenvalue weighted by molar-refractivity contribution is 5.85. The van der Waals surface area contributed by atoms with Gasteiger partial charge in [0.05, 0.1) is 12.6 Å². The van der Waals surface area contributed by atoms with Crippen LogP contribution in [0, 0.1) is 0 Å². The summed E-state index contributed by atoms with van der Waals surface area (Å²) in [6.45, 7) is 4.36. The first-order valence-corrected chi connectivity index (χ1v) is 8.32. The number of aromatic nitrogens is 1. The Morgan fingerprint density at radius 2 is 1.68 bits per heavy atom. The van der Waals surface area contributed by atoms with Crippen LogP contribution in [0.4, 0.5) is 0 Å². The molecule has 2 aromatic rings. The fourth-order valence-corrected chi connectivity index (χ4v) is 3.03. The molecular weight excluding hydrogens is 274 g/mol. The Hall–Kier alpha value is -1.77. The fraction of sp³-hybridized carbons (Fsp3) is 0.526. The summed E-state index contributed by atoms with van der Waals surface area (Å²) in [4.78, 5) is 12.8. The van der Waals surface area contributed by atoms with Crippen LogP contribution >= 0.6 is 0 Å². The van der Waals surface area contributed by atoms with E-state index >= 15 is 0 Å². The maximum Gasteiger partial charge on any atom is 0.254 e. The number of benzene rings is 1. The zero-order valence-corrected chi connectivity index (χ0v) is 14.2. The maximum absolute atomic E-state index is 12.8. The molecule has 0 saturated heterocycles. The molecule has 0 atom stereocenters. The van der Waals surface area contributed by atoms with Crippen LogP contribution in [0.2, 0.25) is 0 Å². The zero-order valence-electron chi connectivity index (χ0n) is 14.2. The van der Waals surface area contributed by atoms with Crippen LogP contribution in [0.15, 0.2) is 23.0 Å². The van der Waals surface area contributed by atoms with Gasteiger partial charge in [0, 0.05) is 24.1 Å². The summed E-state index contributed by atoms with van der Waals surface area (Å²) in [6.07, 6.45) is 6.29. The lowest BCUT2D eigenvalue weighted by atomic mass is 9.95. The average Bonchev–Trinajstić information content (AvgIpc) is 2.55. The van der Waals surface area contributed by atoms with Gasteiger partial charge in [0.2, 0.25) is 0 Å². The molecule has 1 heterocycles. The number of rotatable bonds is 7. The number of aryl methyl sites for hydroxylation is 2. The Kier molecular flexibility index (Phi) is 5.64. The van der Waals surface area contributed by atoms with Gasteiger partial charge in [-0.05, 0) is 43.4 Å². The third kappa shape index (κ3) is 3.18. The third-order valence-electron chi connectivity index (χ3n) is 4.38. The monoisotopic (exact) mass is 301 g/mol. The van der Waals surface area contributed by atoms with Crippen molar-refractivity contribution in [3.05, 3.63) is 39.7 Å². The summed E-state index contributed by atoms with van der Waals surface area (Å²) in [7, 11) is 3.52. The Morgan fingerprint density at radius 1 is 1.05 bits per heavy atom. The number of methoxy groups -OCH3 is 1. The normalized spacial score (nSPS) is 11.1. The smallest absolute Gasteiger partial charge is 0.254 e. The van der Waals surface area contributed by atoms with Crippen molar-refractivity contribution in [2.45, 2.75) is 52.4 Å². The number of fused-ring (bicyclic) bond motifs is 1. The van der Waals surface area contributed by atoms with E-state index in [1.165, 1.54) is 10.9 Å². The van der Waals surface area contributed by atoms with E-state index in [1.807, 2.05) is 19.2 Å². The molecule has 22 heavy (non-hydrogen) atoms. The van der Waals surface area contributed by atoms with Crippen LogP contribution in [0.25, 0.3) is 10.9 Å². The van der Waals surface area contributed by atoms with Gasteiger partial charge in [-0.1, -0.05) is 26.7 Å². The van der Waals surface area contributed by atoms with Crippen molar-refractivity contribution in [1.29, 1.82) is 0 Å². The Morgan fingerprint density at radius 3 is 2.27 bits per heavy atom. The molecule has 0 aliphatic heterocycles. The van der Waals surface area contributed by atoms with Crippen molar-refractivity contribution in [2.75, 3.05) is 7.11 Å². The van der Waals surface area contributed by atoms with E-state index < -0.39 is 0 Å². The molecular formula is C19H27NO2. The number of unbranched alkanes of at least 4 members (excludes halogenated alkanes) is 2. The molecule has 0 bridgehead atoms. The molecule has 0 radical (unpaired) electrons. The quantitative estimate of drug-likeness (QED) is 0.766. The second-order valence-corrected chi connectivity index (χ2v) is 5.91. The van der Waals surface area contributed by atoms with Crippen molar-refractivity contribution >= 4 is 10.9 Å². The van der Waals surface area contributed by atoms with Crippen LogP contribution < -0.4 is 10.3 Å². The lowest BCUT2D eigenvalue weighted by molar-refractivity contribution is 0.415. The minimum Gasteiger partial charge on any atom is -0.497 e. The highest BCUT2D eigenvalue weighted by Gasteiger charge is 2.15. The van der Waals surface area contributed by atoms with Gasteiger partial charge in [-0.15, -0.1) is 0 Å². The molecule has 3 heteroatoms. The fourth-order valence-electron chi connectivity index (χ4n) is 3.03. The molecule has 1 aromatic heterocycles. The predicted octanol–water partition coefficient (Wildman–Crippen LogP) is 4.23. The Balaban J connectivity index is 2.70. The van der Waals surface area contributed by atoms with Gasteiger partial charge in [-0.25, -0.2) is 0 Å². The highest BCUT2D eigenvalue weighted by atomic mass is 16.5. The van der Waals surface area contributed by atoms with E-state index in [0.717, 1.165) is 55.4 Å². The first-order valence-electron chi connectivity index (χ1n) is 8.32. The van der Waals surface area contributed by atoms with E-state index in [9.17, 15) is 4.79 Å². The molecule has 0 fully saturated rings. The van der Waals surface area contributed by atoms with Crippen LogP contribution in [0.3, 0.4) is 0 Å². The predicted molar refractivity (Wildman–Crippen MR) is 93.0 cm³/mol. The molecule has 0 N–H and O–H groups in total. The van der Waals surface area contributed by atoms with Crippen molar-refractivity contribution in [3.8, 4) is 5.75 Å². The number of pyridine rings is 1. The summed E-state index contributed by atoms with van der Waals surface area (Å²) in [5.41, 5.74) is 3.38. The minimum atomic E-state index is 0.153. The van der Waals surface area contributed by atoms with Crippen molar-refractivity contribution in [1.82, 2.24) is 4.57 Å². The van der Waals surface area contributed by atoms with Crippen molar-refractivity contribution in [3.63, 3.8) is 0 Å². The Bertz CT molecular complexity index is 701. The molecule has 0 spiro atoms. The number of nitrogens with zero attached hydrogens (tertiary/aromatic N) is 1. The molecule has 120 valence electrons. The van der Waals surface area contributed by atoms with Gasteiger partial charge < -0.3 is 9.30 Å². The number of hydrogen-bond donors (Lipinski definition) is 0. The summed E-state index contributed by atoms with van der Waals surface area (Å²) in [5.74, 6) is 0.797. The van der Waals surface area contributed by atoms with Gasteiger partial charge in [-0.2, -0.15) is 0 Å². The number of ether oxygens (including phenoxy) is 1. The standard InChI is InChI=1S/C19H27NO2/c1-5-7-9-15-16-12-11-14(22-4)13-18(16)20(3)19(21)17(15)10-8-6-2/h11-13H,5-10H2,1-4H3. The van der Waals surface area contributed by atoms with Gasteiger partial charge in [0.25, 0.3) is 5.56 Å². The SMILES string of the molecule is CCCCc1c(CCCC)c2ccc(OC)cc2n(C)c1=O. The van der Waals surface area contributed by atoms with Crippen molar-refractivity contribution in [2.24, 2.45) is 7.05 Å². The molecule has 1 aromatic carbocycles. The van der Waals surface area contributed by atoms with Gasteiger partial charge in [-0.3, -0.25) is 4.79 Å². The summed E-state index contributed by atoms with van der Waals surface area (Å²) in [6, 6.07) is 6.07. The molecule has 0 aliphatic rings. The molecule has 0 amide bonds. The number of hydrogen-bond acceptors (Lipinski definition) is 2. The lowest BCUT2D eigenvalue weighted by Gasteiger charge is -2.16. The van der Waals surface area contributed by atoms with Gasteiger partial charge >= 0.3 is 0 Å². The second-order valence-electron chi connectivity index (χ2n) is 5.91. The summed E-state index contributed by atoms with van der Waals surface area (Å²) in [5, 5.41) is 1.20. The molecule has 0 aliphatic carbocycles. The first-order chi connectivity index (χ1) is 10.6. The Labute approximate surface area is 132 Å². The van der Waals surface area contributed by atoms with E-state index in [0.29, 0.717) is 0 Å². The largest absolute Gasteiger partial charge is 0.497 e. The van der Waals surface area contributed by atoms with Gasteiger partial charge in [0.1, 0.15) is 5.75 Å². The van der Waals surface area contributed by atoms with Crippen LogP contribution in [-0.2, 0) is 19.9 Å². The summed E-state index contributed by atoms with van der Waals surface area (Å²) >= 11 is 0. The van der Waals surface area contributed by atoms with E-state index in [1.54, 1.807) is 11.7 Å². The second kappa shape index (κ2) is 7.48. The molecule has 2 rings (SSSR count). The topological polar surface area (TPSA) is 31.2 Å². The van der Waals surface area contributed by atoms with E-state index in [-0.39, 0.29) is 5.56 Å². The van der Waals surface area contributed by atoms with E-state index in [2.05, 4.69) is 19.9 Å². The maximum atomic E-state index is 12.8. The summed E-state index contributed by atoms with van der Waals surface area (Å²) < 4.78 is 7.09. The average molecular weight is 301 g/mol. The third-order valence-corrected chi connectivity index (χ3v) is 4.38. The van der Waals surface area contributed by atoms with Gasteiger partial charge in [0.15, 0.2) is 0 Å². The van der Waals surface area contributed by atoms with Crippen LogP contribution in [0.5, 0.6) is 5.75 Å². The zero-order chi connectivity index (χ0) is 16.1. The molecule has 0 saturated carbocycles. The molecule has 3 nitrogen and oxygen atoms in total. The van der Waals surface area contributed by atoms with E-state index in [4.69, 9.17) is 4.74 Å².